The number of amides is 2. The first-order valence-electron chi connectivity index (χ1n) is 12.2. The molecule has 202 valence electrons. The molecule has 38 heavy (non-hydrogen) atoms. The zero-order valence-electron chi connectivity index (χ0n) is 21.5. The number of carbonyl (C=O) groups is 2. The Labute approximate surface area is 228 Å². The molecular weight excluding hydrogens is 529 g/mol. The molecule has 0 saturated carbocycles. The normalized spacial score (nSPS) is 12.9. The van der Waals surface area contributed by atoms with Gasteiger partial charge in [0.25, 0.3) is 10.0 Å². The molecule has 3 rings (SSSR count). The predicted molar refractivity (Wildman–Crippen MR) is 147 cm³/mol. The van der Waals surface area contributed by atoms with Gasteiger partial charge in [-0.2, -0.15) is 0 Å². The number of benzene rings is 3. The topological polar surface area (TPSA) is 86.8 Å². The first-order valence-corrected chi connectivity index (χ1v) is 14.0. The SMILES string of the molecule is CC[C@@H](C)NC(=O)[C@H](C)N(Cc1ccc(F)cc1)C(=O)CN(c1cccc(Cl)c1)S(=O)(=O)c1ccccc1. The number of hydrogen-bond donors (Lipinski definition) is 1. The molecule has 0 aliphatic rings. The number of nitrogens with one attached hydrogen (secondary N) is 1. The second-order valence-corrected chi connectivity index (χ2v) is 11.2. The number of anilines is 1. The molecule has 2 atom stereocenters. The Morgan fingerprint density at radius 1 is 0.974 bits per heavy atom. The summed E-state index contributed by atoms with van der Waals surface area (Å²) in [6, 6.07) is 18.5. The van der Waals surface area contributed by atoms with Crippen LogP contribution in [0.25, 0.3) is 0 Å². The molecule has 0 aromatic heterocycles. The van der Waals surface area contributed by atoms with Gasteiger partial charge >= 0.3 is 0 Å². The molecule has 0 unspecified atom stereocenters. The highest BCUT2D eigenvalue weighted by Gasteiger charge is 2.32. The van der Waals surface area contributed by atoms with Crippen molar-refractivity contribution in [3.05, 3.63) is 95.3 Å². The van der Waals surface area contributed by atoms with Gasteiger partial charge in [0.2, 0.25) is 11.8 Å². The second kappa shape index (κ2) is 12.9. The summed E-state index contributed by atoms with van der Waals surface area (Å²) in [5, 5.41) is 3.16. The number of sulfonamides is 1. The van der Waals surface area contributed by atoms with E-state index in [4.69, 9.17) is 11.6 Å². The average Bonchev–Trinajstić information content (AvgIpc) is 2.91. The minimum atomic E-state index is -4.17. The molecule has 0 aliphatic heterocycles. The Hall–Kier alpha value is -3.43. The monoisotopic (exact) mass is 559 g/mol. The van der Waals surface area contributed by atoms with Crippen LogP contribution in [0, 0.1) is 5.82 Å². The van der Waals surface area contributed by atoms with E-state index in [1.165, 1.54) is 47.4 Å². The van der Waals surface area contributed by atoms with Crippen LogP contribution in [-0.4, -0.2) is 43.8 Å². The van der Waals surface area contributed by atoms with Crippen molar-refractivity contribution in [2.75, 3.05) is 10.8 Å². The fraction of sp³-hybridized carbons (Fsp3) is 0.286. The number of halogens is 2. The summed E-state index contributed by atoms with van der Waals surface area (Å²) in [5.74, 6) is -1.43. The van der Waals surface area contributed by atoms with E-state index >= 15 is 0 Å². The first kappa shape index (κ1) is 29.1. The quantitative estimate of drug-likeness (QED) is 0.358. The third kappa shape index (κ3) is 7.33. The average molecular weight is 560 g/mol. The van der Waals surface area contributed by atoms with Gasteiger partial charge in [-0.25, -0.2) is 12.8 Å². The molecule has 7 nitrogen and oxygen atoms in total. The largest absolute Gasteiger partial charge is 0.352 e. The highest BCUT2D eigenvalue weighted by molar-refractivity contribution is 7.92. The van der Waals surface area contributed by atoms with Crippen molar-refractivity contribution in [3.63, 3.8) is 0 Å². The molecule has 10 heteroatoms. The maximum atomic E-state index is 13.8. The number of rotatable bonds is 11. The van der Waals surface area contributed by atoms with Gasteiger partial charge in [0.15, 0.2) is 0 Å². The Kier molecular flexibility index (Phi) is 9.88. The van der Waals surface area contributed by atoms with Gasteiger partial charge in [0.1, 0.15) is 18.4 Å². The molecule has 1 N–H and O–H groups in total. The van der Waals surface area contributed by atoms with Crippen molar-refractivity contribution < 1.29 is 22.4 Å². The van der Waals surface area contributed by atoms with E-state index in [1.807, 2.05) is 13.8 Å². The second-order valence-electron chi connectivity index (χ2n) is 8.95. The van der Waals surface area contributed by atoms with Crippen molar-refractivity contribution in [2.24, 2.45) is 0 Å². The van der Waals surface area contributed by atoms with Gasteiger partial charge in [-0.1, -0.05) is 54.9 Å². The van der Waals surface area contributed by atoms with E-state index in [2.05, 4.69) is 5.32 Å². The van der Waals surface area contributed by atoms with Crippen molar-refractivity contribution in [1.82, 2.24) is 10.2 Å². The molecule has 3 aromatic rings. The van der Waals surface area contributed by atoms with Crippen molar-refractivity contribution in [3.8, 4) is 0 Å². The van der Waals surface area contributed by atoms with Crippen LogP contribution in [0.2, 0.25) is 5.02 Å². The lowest BCUT2D eigenvalue weighted by Gasteiger charge is -2.32. The number of carbonyl (C=O) groups excluding carboxylic acids is 2. The molecule has 0 aliphatic carbocycles. The third-order valence-electron chi connectivity index (χ3n) is 6.14. The molecular formula is C28H31ClFN3O4S. The number of nitrogens with zero attached hydrogens (tertiary/aromatic N) is 2. The van der Waals surface area contributed by atoms with Gasteiger partial charge in [-0.15, -0.1) is 0 Å². The van der Waals surface area contributed by atoms with Gasteiger partial charge in [-0.3, -0.25) is 13.9 Å². The summed E-state index contributed by atoms with van der Waals surface area (Å²) >= 11 is 6.16. The molecule has 2 amide bonds. The van der Waals surface area contributed by atoms with E-state index in [0.29, 0.717) is 17.0 Å². The van der Waals surface area contributed by atoms with Crippen LogP contribution in [0.15, 0.2) is 83.8 Å². The fourth-order valence-corrected chi connectivity index (χ4v) is 5.33. The molecule has 3 aromatic carbocycles. The number of hydrogen-bond acceptors (Lipinski definition) is 4. The molecule has 0 bridgehead atoms. The van der Waals surface area contributed by atoms with Crippen molar-refractivity contribution >= 4 is 39.1 Å². The fourth-order valence-electron chi connectivity index (χ4n) is 3.71. The van der Waals surface area contributed by atoms with Crippen LogP contribution in [0.5, 0.6) is 0 Å². The van der Waals surface area contributed by atoms with E-state index in [1.54, 1.807) is 43.3 Å². The van der Waals surface area contributed by atoms with Gasteiger partial charge in [-0.05, 0) is 68.3 Å². The summed E-state index contributed by atoms with van der Waals surface area (Å²) in [7, 11) is -4.17. The highest BCUT2D eigenvalue weighted by Crippen LogP contribution is 2.26. The summed E-state index contributed by atoms with van der Waals surface area (Å²) in [5.41, 5.74) is 0.788. The standard InChI is InChI=1S/C28H31ClFN3O4S/c1-4-20(2)31-28(35)21(3)32(18-22-13-15-24(30)16-14-22)27(34)19-33(25-10-8-9-23(29)17-25)38(36,37)26-11-6-5-7-12-26/h5-17,20-21H,4,18-19H2,1-3H3,(H,31,35)/t20-,21+/m1/s1. The minimum absolute atomic E-state index is 0.000391. The Morgan fingerprint density at radius 2 is 1.63 bits per heavy atom. The van der Waals surface area contributed by atoms with Gasteiger partial charge in [0, 0.05) is 17.6 Å². The minimum Gasteiger partial charge on any atom is -0.352 e. The van der Waals surface area contributed by atoms with Crippen LogP contribution in [0.1, 0.15) is 32.8 Å². The van der Waals surface area contributed by atoms with Gasteiger partial charge < -0.3 is 10.2 Å². The van der Waals surface area contributed by atoms with E-state index in [-0.39, 0.29) is 29.1 Å². The van der Waals surface area contributed by atoms with E-state index in [0.717, 1.165) is 4.31 Å². The summed E-state index contributed by atoms with van der Waals surface area (Å²) < 4.78 is 41.8. The zero-order valence-corrected chi connectivity index (χ0v) is 23.0. The third-order valence-corrected chi connectivity index (χ3v) is 8.16. The van der Waals surface area contributed by atoms with Crippen molar-refractivity contribution in [2.45, 2.75) is 50.7 Å². The Bertz CT molecular complexity index is 1350. The Morgan fingerprint density at radius 3 is 2.24 bits per heavy atom. The van der Waals surface area contributed by atoms with E-state index < -0.39 is 34.3 Å². The molecule has 0 spiro atoms. The van der Waals surface area contributed by atoms with E-state index in [9.17, 15) is 22.4 Å². The maximum absolute atomic E-state index is 13.8. The van der Waals surface area contributed by atoms with Gasteiger partial charge in [0.05, 0.1) is 10.6 Å². The smallest absolute Gasteiger partial charge is 0.264 e. The van der Waals surface area contributed by atoms with Crippen LogP contribution >= 0.6 is 11.6 Å². The van der Waals surface area contributed by atoms with Crippen LogP contribution in [0.4, 0.5) is 10.1 Å². The maximum Gasteiger partial charge on any atom is 0.264 e. The van der Waals surface area contributed by atoms with Crippen molar-refractivity contribution in [1.29, 1.82) is 0 Å². The van der Waals surface area contributed by atoms with Crippen LogP contribution < -0.4 is 9.62 Å². The molecule has 0 fully saturated rings. The zero-order chi connectivity index (χ0) is 27.9. The summed E-state index contributed by atoms with van der Waals surface area (Å²) in [4.78, 5) is 28.1. The van der Waals surface area contributed by atoms with Crippen LogP contribution in [-0.2, 0) is 26.2 Å². The summed E-state index contributed by atoms with van der Waals surface area (Å²) in [6.45, 7) is 4.75. The van der Waals surface area contributed by atoms with Crippen LogP contribution in [0.3, 0.4) is 0 Å². The Balaban J connectivity index is 2.01. The molecule has 0 saturated heterocycles. The molecule has 0 heterocycles. The lowest BCUT2D eigenvalue weighted by atomic mass is 10.1. The predicted octanol–water partition coefficient (Wildman–Crippen LogP) is 5.01. The molecule has 0 radical (unpaired) electrons. The highest BCUT2D eigenvalue weighted by atomic mass is 35.5. The first-order chi connectivity index (χ1) is 18.0. The summed E-state index contributed by atoms with van der Waals surface area (Å²) in [6.07, 6.45) is 0.697. The lowest BCUT2D eigenvalue weighted by Crippen LogP contribution is -2.52. The lowest BCUT2D eigenvalue weighted by molar-refractivity contribution is -0.139.